The number of hydrogen-bond donors (Lipinski definition) is 1. The van der Waals surface area contributed by atoms with Crippen LogP contribution in [0.15, 0.2) is 22.7 Å². The van der Waals surface area contributed by atoms with E-state index in [1.807, 2.05) is 6.07 Å². The van der Waals surface area contributed by atoms with E-state index in [0.29, 0.717) is 21.4 Å². The van der Waals surface area contributed by atoms with Crippen LogP contribution in [0.1, 0.15) is 23.8 Å². The largest absolute Gasteiger partial charge is 0.401 e. The normalized spacial score (nSPS) is 14.7. The average molecular weight is 410 g/mol. The van der Waals surface area contributed by atoms with Crippen LogP contribution in [0.2, 0.25) is 0 Å². The van der Waals surface area contributed by atoms with Gasteiger partial charge >= 0.3 is 13.3 Å². The first kappa shape index (κ1) is 17.5. The van der Waals surface area contributed by atoms with Crippen molar-refractivity contribution in [3.05, 3.63) is 33.1 Å². The molecule has 0 bridgehead atoms. The molecular formula is C13H11BrF2NO3PS. The molecule has 2 rings (SSSR count). The fourth-order valence-electron chi connectivity index (χ4n) is 1.80. The summed E-state index contributed by atoms with van der Waals surface area (Å²) >= 11 is 4.15. The molecule has 9 heteroatoms. The number of nitrogens with zero attached hydrogens (tertiary/aromatic N) is 1. The highest BCUT2D eigenvalue weighted by molar-refractivity contribution is 9.10. The molecule has 0 aliphatic heterocycles. The van der Waals surface area contributed by atoms with E-state index in [2.05, 4.69) is 20.5 Å². The number of rotatable bonds is 5. The summed E-state index contributed by atoms with van der Waals surface area (Å²) in [4.78, 5) is 9.96. The highest BCUT2D eigenvalue weighted by Gasteiger charge is 2.53. The molecule has 1 aromatic heterocycles. The Bertz CT molecular complexity index is 802. The maximum atomic E-state index is 14.4. The third kappa shape index (κ3) is 3.10. The molecule has 0 aliphatic rings. The smallest absolute Gasteiger partial charge is 0.320 e. The van der Waals surface area contributed by atoms with E-state index in [1.165, 1.54) is 12.1 Å². The Morgan fingerprint density at radius 2 is 2.18 bits per heavy atom. The van der Waals surface area contributed by atoms with Crippen LogP contribution in [0.3, 0.4) is 0 Å². The molecule has 2 aromatic rings. The van der Waals surface area contributed by atoms with Crippen LogP contribution in [0.25, 0.3) is 10.1 Å². The Morgan fingerprint density at radius 3 is 2.77 bits per heavy atom. The summed E-state index contributed by atoms with van der Waals surface area (Å²) in [6.07, 6.45) is 0.344. The molecule has 1 aromatic carbocycles. The molecule has 1 N–H and O–H groups in total. The van der Waals surface area contributed by atoms with Crippen LogP contribution in [0.5, 0.6) is 0 Å². The molecule has 1 unspecified atom stereocenters. The Balaban J connectivity index is 2.55. The van der Waals surface area contributed by atoms with Crippen molar-refractivity contribution < 1.29 is 22.8 Å². The Labute approximate surface area is 138 Å². The number of benzene rings is 1. The molecule has 22 heavy (non-hydrogen) atoms. The van der Waals surface area contributed by atoms with Gasteiger partial charge in [0.2, 0.25) is 0 Å². The van der Waals surface area contributed by atoms with E-state index < -0.39 is 18.8 Å². The van der Waals surface area contributed by atoms with Crippen LogP contribution < -0.4 is 0 Å². The van der Waals surface area contributed by atoms with Gasteiger partial charge < -0.3 is 9.42 Å². The fourth-order valence-corrected chi connectivity index (χ4v) is 4.66. The molecule has 0 saturated heterocycles. The van der Waals surface area contributed by atoms with Crippen LogP contribution in [-0.4, -0.2) is 11.5 Å². The molecule has 1 heterocycles. The summed E-state index contributed by atoms with van der Waals surface area (Å²) < 4.78 is 45.8. The SMILES string of the molecule is CCCOP(=O)(O)C(F)(F)c1cc2cc(C#N)sc2cc1Br. The fraction of sp³-hybridized carbons (Fsp3) is 0.308. The van der Waals surface area contributed by atoms with Crippen molar-refractivity contribution in [2.45, 2.75) is 19.0 Å². The summed E-state index contributed by atoms with van der Waals surface area (Å²) in [6, 6.07) is 5.91. The van der Waals surface area contributed by atoms with Gasteiger partial charge in [-0.25, -0.2) is 0 Å². The van der Waals surface area contributed by atoms with Crippen molar-refractivity contribution in [1.82, 2.24) is 0 Å². The lowest BCUT2D eigenvalue weighted by molar-refractivity contribution is 0.0448. The van der Waals surface area contributed by atoms with Gasteiger partial charge in [0.15, 0.2) is 0 Å². The summed E-state index contributed by atoms with van der Waals surface area (Å²) in [5.41, 5.74) is -4.69. The lowest BCUT2D eigenvalue weighted by atomic mass is 10.1. The molecule has 0 saturated carbocycles. The second kappa shape index (κ2) is 6.34. The van der Waals surface area contributed by atoms with E-state index >= 15 is 0 Å². The number of alkyl halides is 2. The molecule has 0 radical (unpaired) electrons. The first-order valence-corrected chi connectivity index (χ1v) is 9.40. The van der Waals surface area contributed by atoms with Crippen molar-refractivity contribution >= 4 is 44.9 Å². The molecule has 0 amide bonds. The topological polar surface area (TPSA) is 70.3 Å². The van der Waals surface area contributed by atoms with Gasteiger partial charge in [-0.1, -0.05) is 22.9 Å². The quantitative estimate of drug-likeness (QED) is 0.689. The summed E-state index contributed by atoms with van der Waals surface area (Å²) in [7, 11) is -5.16. The minimum atomic E-state index is -5.16. The van der Waals surface area contributed by atoms with E-state index in [4.69, 9.17) is 5.26 Å². The third-order valence-corrected chi connectivity index (χ3v) is 6.01. The molecule has 118 valence electrons. The molecule has 0 fully saturated rings. The molecule has 1 atom stereocenters. The predicted octanol–water partition coefficient (Wildman–Crippen LogP) is 5.20. The number of nitriles is 1. The van der Waals surface area contributed by atoms with E-state index in [-0.39, 0.29) is 11.1 Å². The van der Waals surface area contributed by atoms with E-state index in [1.54, 1.807) is 6.92 Å². The van der Waals surface area contributed by atoms with Gasteiger partial charge in [0, 0.05) is 14.7 Å². The first-order valence-electron chi connectivity index (χ1n) is 6.22. The van der Waals surface area contributed by atoms with Crippen LogP contribution >= 0.6 is 34.9 Å². The number of halogens is 3. The molecule has 0 spiro atoms. The maximum absolute atomic E-state index is 14.4. The lowest BCUT2D eigenvalue weighted by Gasteiger charge is -2.23. The molecular weight excluding hydrogens is 399 g/mol. The van der Waals surface area contributed by atoms with Gasteiger partial charge in [0.1, 0.15) is 10.9 Å². The highest BCUT2D eigenvalue weighted by atomic mass is 79.9. The van der Waals surface area contributed by atoms with Crippen molar-refractivity contribution in [3.63, 3.8) is 0 Å². The molecule has 0 aliphatic carbocycles. The minimum absolute atomic E-state index is 0.00860. The van der Waals surface area contributed by atoms with Crippen molar-refractivity contribution in [1.29, 1.82) is 5.26 Å². The summed E-state index contributed by atoms with van der Waals surface area (Å²) in [5, 5.41) is 9.27. The van der Waals surface area contributed by atoms with Crippen molar-refractivity contribution in [3.8, 4) is 6.07 Å². The Hall–Kier alpha value is -0.840. The number of hydrogen-bond acceptors (Lipinski definition) is 4. The van der Waals surface area contributed by atoms with Gasteiger partial charge in [-0.2, -0.15) is 14.0 Å². The zero-order valence-electron chi connectivity index (χ0n) is 11.3. The van der Waals surface area contributed by atoms with Crippen LogP contribution in [0, 0.1) is 11.3 Å². The third-order valence-electron chi connectivity index (χ3n) is 2.87. The second-order valence-corrected chi connectivity index (χ2v) is 8.29. The van der Waals surface area contributed by atoms with Crippen LogP contribution in [0.4, 0.5) is 8.78 Å². The van der Waals surface area contributed by atoms with Gasteiger partial charge in [-0.05, 0) is 30.0 Å². The van der Waals surface area contributed by atoms with Gasteiger partial charge in [-0.15, -0.1) is 11.3 Å². The zero-order chi connectivity index (χ0) is 16.5. The predicted molar refractivity (Wildman–Crippen MR) is 84.2 cm³/mol. The van der Waals surface area contributed by atoms with E-state index in [0.717, 1.165) is 17.4 Å². The highest BCUT2D eigenvalue weighted by Crippen LogP contribution is 2.64. The zero-order valence-corrected chi connectivity index (χ0v) is 14.6. The Kier molecular flexibility index (Phi) is 5.05. The van der Waals surface area contributed by atoms with Crippen molar-refractivity contribution in [2.24, 2.45) is 0 Å². The second-order valence-electron chi connectivity index (χ2n) is 4.49. The van der Waals surface area contributed by atoms with Gasteiger partial charge in [-0.3, -0.25) is 4.57 Å². The standard InChI is InChI=1S/C13H11BrF2NO3PS/c1-2-3-20-21(18,19)13(15,16)10-5-8-4-9(7-17)22-12(8)6-11(10)14/h4-6H,2-3H2,1H3,(H,18,19). The average Bonchev–Trinajstić information content (AvgIpc) is 2.85. The van der Waals surface area contributed by atoms with Crippen molar-refractivity contribution in [2.75, 3.05) is 6.61 Å². The maximum Gasteiger partial charge on any atom is 0.401 e. The number of thiophene rings is 1. The molecule has 4 nitrogen and oxygen atoms in total. The Morgan fingerprint density at radius 1 is 1.50 bits per heavy atom. The lowest BCUT2D eigenvalue weighted by Crippen LogP contribution is -2.17. The first-order chi connectivity index (χ1) is 10.2. The van der Waals surface area contributed by atoms with Gasteiger partial charge in [0.25, 0.3) is 0 Å². The monoisotopic (exact) mass is 409 g/mol. The minimum Gasteiger partial charge on any atom is -0.320 e. The summed E-state index contributed by atoms with van der Waals surface area (Å²) in [6.45, 7) is 1.41. The summed E-state index contributed by atoms with van der Waals surface area (Å²) in [5.74, 6) is 0. The van der Waals surface area contributed by atoms with Crippen LogP contribution in [-0.2, 0) is 14.8 Å². The van der Waals surface area contributed by atoms with E-state index in [9.17, 15) is 18.2 Å². The van der Waals surface area contributed by atoms with Gasteiger partial charge in [0.05, 0.1) is 6.61 Å². The number of fused-ring (bicyclic) bond motifs is 1.